The average molecular weight is 319 g/mol. The maximum absolute atomic E-state index is 12.1. The van der Waals surface area contributed by atoms with Crippen LogP contribution in [0.4, 0.5) is 13.2 Å². The van der Waals surface area contributed by atoms with Crippen LogP contribution in [0.5, 0.6) is 5.75 Å². The summed E-state index contributed by atoms with van der Waals surface area (Å²) >= 11 is 0. The fourth-order valence-electron chi connectivity index (χ4n) is 1.24. The zero-order chi connectivity index (χ0) is 14.8. The molecule has 1 rings (SSSR count). The minimum absolute atomic E-state index is 0.653. The Bertz CT molecular complexity index is 596. The molecule has 0 spiro atoms. The smallest absolute Gasteiger partial charge is 0.465 e. The first kappa shape index (κ1) is 15.6. The quantitative estimate of drug-likeness (QED) is 0.632. The van der Waals surface area contributed by atoms with Crippen LogP contribution in [0.1, 0.15) is 10.4 Å². The molecule has 106 valence electrons. The lowest BCUT2D eigenvalue weighted by atomic mass is 10.2. The Balaban J connectivity index is 3.53. The van der Waals surface area contributed by atoms with Gasteiger partial charge in [0.05, 0.1) is 12.7 Å². The lowest BCUT2D eigenvalue weighted by Crippen LogP contribution is -2.19. The Morgan fingerprint density at radius 3 is 2.32 bits per heavy atom. The number of methoxy groups -OCH3 is 1. The minimum Gasteiger partial charge on any atom is -0.465 e. The van der Waals surface area contributed by atoms with Crippen molar-refractivity contribution < 1.29 is 35.9 Å². The van der Waals surface area contributed by atoms with E-state index in [2.05, 4.69) is 9.47 Å². The number of ether oxygens (including phenoxy) is 2. The molecule has 0 atom stereocenters. The van der Waals surface area contributed by atoms with Gasteiger partial charge in [-0.05, 0) is 12.1 Å². The van der Waals surface area contributed by atoms with Crippen molar-refractivity contribution in [3.63, 3.8) is 0 Å². The third kappa shape index (κ3) is 4.00. The van der Waals surface area contributed by atoms with E-state index >= 15 is 0 Å². The van der Waals surface area contributed by atoms with Crippen LogP contribution < -0.4 is 4.74 Å². The van der Waals surface area contributed by atoms with Crippen LogP contribution >= 0.6 is 10.7 Å². The molecule has 0 aromatic heterocycles. The lowest BCUT2D eigenvalue weighted by molar-refractivity contribution is -0.275. The molecule has 0 radical (unpaired) electrons. The van der Waals surface area contributed by atoms with Gasteiger partial charge in [-0.15, -0.1) is 13.2 Å². The lowest BCUT2D eigenvalue weighted by Gasteiger charge is -2.13. The Hall–Kier alpha value is -1.48. The summed E-state index contributed by atoms with van der Waals surface area (Å²) in [5, 5.41) is 0. The largest absolute Gasteiger partial charge is 0.573 e. The molecule has 0 saturated carbocycles. The first-order valence-corrected chi connectivity index (χ1v) is 6.79. The molecule has 10 heteroatoms. The minimum atomic E-state index is -5.13. The van der Waals surface area contributed by atoms with Gasteiger partial charge in [-0.2, -0.15) is 0 Å². The van der Waals surface area contributed by atoms with Gasteiger partial charge in [-0.25, -0.2) is 13.2 Å². The second-order valence-electron chi connectivity index (χ2n) is 3.11. The first-order chi connectivity index (χ1) is 8.56. The van der Waals surface area contributed by atoms with E-state index in [0.717, 1.165) is 25.3 Å². The van der Waals surface area contributed by atoms with E-state index < -0.39 is 37.6 Å². The summed E-state index contributed by atoms with van der Waals surface area (Å²) in [4.78, 5) is 10.2. The van der Waals surface area contributed by atoms with Gasteiger partial charge < -0.3 is 9.47 Å². The van der Waals surface area contributed by atoms with Crippen molar-refractivity contribution in [3.05, 3.63) is 23.8 Å². The van der Waals surface area contributed by atoms with Crippen LogP contribution in [-0.4, -0.2) is 27.9 Å². The molecule has 0 amide bonds. The fourth-order valence-corrected chi connectivity index (χ4v) is 2.48. The fraction of sp³-hybridized carbons (Fsp3) is 0.222. The van der Waals surface area contributed by atoms with Crippen molar-refractivity contribution in [2.45, 2.75) is 11.3 Å². The molecule has 0 heterocycles. The summed E-state index contributed by atoms with van der Waals surface area (Å²) < 4.78 is 66.8. The second kappa shape index (κ2) is 5.25. The van der Waals surface area contributed by atoms with E-state index in [9.17, 15) is 26.4 Å². The van der Waals surface area contributed by atoms with Gasteiger partial charge >= 0.3 is 12.3 Å². The molecule has 0 aliphatic carbocycles. The van der Waals surface area contributed by atoms with E-state index in [4.69, 9.17) is 10.7 Å². The first-order valence-electron chi connectivity index (χ1n) is 4.48. The van der Waals surface area contributed by atoms with Gasteiger partial charge in [0, 0.05) is 10.7 Å². The van der Waals surface area contributed by atoms with Crippen LogP contribution in [0.15, 0.2) is 23.1 Å². The number of carbonyl (C=O) groups is 1. The van der Waals surface area contributed by atoms with E-state index in [1.54, 1.807) is 0 Å². The van der Waals surface area contributed by atoms with Crippen molar-refractivity contribution in [2.75, 3.05) is 7.11 Å². The molecule has 0 aliphatic heterocycles. The topological polar surface area (TPSA) is 69.7 Å². The van der Waals surface area contributed by atoms with E-state index in [0.29, 0.717) is 0 Å². The van der Waals surface area contributed by atoms with Gasteiger partial charge in [0.2, 0.25) is 0 Å². The van der Waals surface area contributed by atoms with Crippen molar-refractivity contribution in [3.8, 4) is 5.75 Å². The van der Waals surface area contributed by atoms with Gasteiger partial charge in [0.25, 0.3) is 9.05 Å². The highest BCUT2D eigenvalue weighted by atomic mass is 35.7. The van der Waals surface area contributed by atoms with E-state index in [-0.39, 0.29) is 0 Å². The van der Waals surface area contributed by atoms with Crippen LogP contribution in [-0.2, 0) is 13.8 Å². The van der Waals surface area contributed by atoms with E-state index in [1.807, 2.05) is 0 Å². The summed E-state index contributed by atoms with van der Waals surface area (Å²) in [5.74, 6) is -2.27. The van der Waals surface area contributed by atoms with Crippen LogP contribution in [0, 0.1) is 0 Å². The highest BCUT2D eigenvalue weighted by Crippen LogP contribution is 2.34. The van der Waals surface area contributed by atoms with Gasteiger partial charge in [0.15, 0.2) is 0 Å². The van der Waals surface area contributed by atoms with Gasteiger partial charge in [0.1, 0.15) is 10.6 Å². The number of benzene rings is 1. The number of hydrogen-bond donors (Lipinski definition) is 0. The predicted molar refractivity (Wildman–Crippen MR) is 57.5 cm³/mol. The van der Waals surface area contributed by atoms with Crippen LogP contribution in [0.25, 0.3) is 0 Å². The third-order valence-corrected chi connectivity index (χ3v) is 3.23. The molecule has 0 saturated heterocycles. The zero-order valence-corrected chi connectivity index (χ0v) is 10.8. The Labute approximate surface area is 110 Å². The highest BCUT2D eigenvalue weighted by molar-refractivity contribution is 8.13. The zero-order valence-electron chi connectivity index (χ0n) is 9.19. The maximum atomic E-state index is 12.1. The van der Waals surface area contributed by atoms with Crippen molar-refractivity contribution in [1.82, 2.24) is 0 Å². The number of halogens is 4. The van der Waals surface area contributed by atoms with E-state index in [1.165, 1.54) is 0 Å². The van der Waals surface area contributed by atoms with Crippen LogP contribution in [0.3, 0.4) is 0 Å². The van der Waals surface area contributed by atoms with Crippen molar-refractivity contribution >= 4 is 25.7 Å². The van der Waals surface area contributed by atoms with Crippen LogP contribution in [0.2, 0.25) is 0 Å². The number of esters is 1. The SMILES string of the molecule is COC(=O)c1cccc(OC(F)(F)F)c1S(=O)(=O)Cl. The standard InChI is InChI=1S/C9H6ClF3O5S/c1-17-8(14)5-3-2-4-6(18-9(11,12)13)7(5)19(10,15)16/h2-4H,1H3. The molecular formula is C9H6ClF3O5S. The summed E-state index contributed by atoms with van der Waals surface area (Å²) in [6.45, 7) is 0. The molecule has 0 unspecified atom stereocenters. The maximum Gasteiger partial charge on any atom is 0.573 e. The third-order valence-electron chi connectivity index (χ3n) is 1.85. The number of alkyl halides is 3. The van der Waals surface area contributed by atoms with Gasteiger partial charge in [-0.3, -0.25) is 0 Å². The molecule has 0 aliphatic rings. The normalized spacial score (nSPS) is 12.1. The molecule has 0 fully saturated rings. The summed E-state index contributed by atoms with van der Waals surface area (Å²) in [6.07, 6.45) is -5.13. The number of carbonyl (C=O) groups excluding carboxylic acids is 1. The monoisotopic (exact) mass is 318 g/mol. The molecule has 0 bridgehead atoms. The second-order valence-corrected chi connectivity index (χ2v) is 5.61. The van der Waals surface area contributed by atoms with Crippen molar-refractivity contribution in [1.29, 1.82) is 0 Å². The Kier molecular flexibility index (Phi) is 4.31. The Morgan fingerprint density at radius 1 is 1.32 bits per heavy atom. The molecule has 19 heavy (non-hydrogen) atoms. The summed E-state index contributed by atoms with van der Waals surface area (Å²) in [5.41, 5.74) is -0.653. The predicted octanol–water partition coefficient (Wildman–Crippen LogP) is 2.30. The molecular weight excluding hydrogens is 313 g/mol. The highest BCUT2D eigenvalue weighted by Gasteiger charge is 2.35. The molecule has 5 nitrogen and oxygen atoms in total. The summed E-state index contributed by atoms with van der Waals surface area (Å²) in [7, 11) is 1.31. The average Bonchev–Trinajstić information content (AvgIpc) is 2.23. The molecule has 0 N–H and O–H groups in total. The number of rotatable bonds is 3. The number of hydrogen-bond acceptors (Lipinski definition) is 5. The summed E-state index contributed by atoms with van der Waals surface area (Å²) in [6, 6.07) is 2.67. The van der Waals surface area contributed by atoms with Crippen molar-refractivity contribution in [2.24, 2.45) is 0 Å². The Morgan fingerprint density at radius 2 is 1.89 bits per heavy atom. The van der Waals surface area contributed by atoms with Gasteiger partial charge in [-0.1, -0.05) is 6.07 Å². The molecule has 1 aromatic carbocycles. The molecule has 1 aromatic rings.